The standard InChI is InChI=1S/C13H15NO3/c1-9(6-7-12(15)16)14-8-10-4-2-3-5-11(10)13(14)17/h2-5,9H,6-8H2,1H3,(H,15,16). The summed E-state index contributed by atoms with van der Waals surface area (Å²) in [6.45, 7) is 2.49. The van der Waals surface area contributed by atoms with Crippen LogP contribution in [0, 0.1) is 0 Å². The van der Waals surface area contributed by atoms with Crippen molar-refractivity contribution in [2.24, 2.45) is 0 Å². The van der Waals surface area contributed by atoms with Crippen LogP contribution in [0.1, 0.15) is 35.7 Å². The zero-order valence-electron chi connectivity index (χ0n) is 9.72. The second kappa shape index (κ2) is 4.57. The van der Waals surface area contributed by atoms with E-state index < -0.39 is 5.97 Å². The second-order valence-electron chi connectivity index (χ2n) is 4.37. The topological polar surface area (TPSA) is 57.6 Å². The van der Waals surface area contributed by atoms with E-state index in [2.05, 4.69) is 0 Å². The highest BCUT2D eigenvalue weighted by molar-refractivity contribution is 5.98. The zero-order chi connectivity index (χ0) is 12.4. The summed E-state index contributed by atoms with van der Waals surface area (Å²) in [6, 6.07) is 7.49. The fourth-order valence-electron chi connectivity index (χ4n) is 2.12. The summed E-state index contributed by atoms with van der Waals surface area (Å²) in [4.78, 5) is 24.3. The number of fused-ring (bicyclic) bond motifs is 1. The molecule has 1 aromatic carbocycles. The van der Waals surface area contributed by atoms with Crippen LogP contribution in [0.5, 0.6) is 0 Å². The Morgan fingerprint density at radius 2 is 2.18 bits per heavy atom. The van der Waals surface area contributed by atoms with Crippen molar-refractivity contribution in [3.63, 3.8) is 0 Å². The lowest BCUT2D eigenvalue weighted by Gasteiger charge is -2.23. The van der Waals surface area contributed by atoms with Gasteiger partial charge in [0.15, 0.2) is 0 Å². The number of carboxylic acid groups (broad SMARTS) is 1. The third-order valence-electron chi connectivity index (χ3n) is 3.16. The Bertz CT molecular complexity index is 456. The molecule has 1 N–H and O–H groups in total. The second-order valence-corrected chi connectivity index (χ2v) is 4.37. The minimum Gasteiger partial charge on any atom is -0.481 e. The van der Waals surface area contributed by atoms with Gasteiger partial charge in [-0.15, -0.1) is 0 Å². The van der Waals surface area contributed by atoms with E-state index >= 15 is 0 Å². The van der Waals surface area contributed by atoms with Crippen molar-refractivity contribution in [2.75, 3.05) is 0 Å². The number of nitrogens with zero attached hydrogens (tertiary/aromatic N) is 1. The van der Waals surface area contributed by atoms with Crippen LogP contribution in [0.2, 0.25) is 0 Å². The molecule has 0 aliphatic carbocycles. The maximum Gasteiger partial charge on any atom is 0.303 e. The molecule has 0 radical (unpaired) electrons. The van der Waals surface area contributed by atoms with Gasteiger partial charge in [-0.3, -0.25) is 9.59 Å². The molecular formula is C13H15NO3. The maximum absolute atomic E-state index is 12.1. The molecule has 0 saturated heterocycles. The van der Waals surface area contributed by atoms with Gasteiger partial charge in [0.05, 0.1) is 0 Å². The van der Waals surface area contributed by atoms with Crippen molar-refractivity contribution in [1.82, 2.24) is 4.90 Å². The predicted molar refractivity (Wildman–Crippen MR) is 62.6 cm³/mol. The van der Waals surface area contributed by atoms with Gasteiger partial charge in [-0.25, -0.2) is 0 Å². The highest BCUT2D eigenvalue weighted by Gasteiger charge is 2.30. The third kappa shape index (κ3) is 2.30. The molecule has 1 amide bonds. The van der Waals surface area contributed by atoms with Crippen molar-refractivity contribution >= 4 is 11.9 Å². The third-order valence-corrected chi connectivity index (χ3v) is 3.16. The lowest BCUT2D eigenvalue weighted by molar-refractivity contribution is -0.137. The summed E-state index contributed by atoms with van der Waals surface area (Å²) < 4.78 is 0. The van der Waals surface area contributed by atoms with Gasteiger partial charge in [-0.05, 0) is 25.0 Å². The molecule has 0 fully saturated rings. The number of carbonyl (C=O) groups is 2. The van der Waals surface area contributed by atoms with Crippen LogP contribution in [0.4, 0.5) is 0 Å². The molecule has 90 valence electrons. The van der Waals surface area contributed by atoms with Crippen molar-refractivity contribution < 1.29 is 14.7 Å². The molecule has 0 bridgehead atoms. The highest BCUT2D eigenvalue weighted by Crippen LogP contribution is 2.25. The smallest absolute Gasteiger partial charge is 0.303 e. The fourth-order valence-corrected chi connectivity index (χ4v) is 2.12. The Morgan fingerprint density at radius 1 is 1.47 bits per heavy atom. The van der Waals surface area contributed by atoms with E-state index in [1.54, 1.807) is 4.90 Å². The van der Waals surface area contributed by atoms with E-state index in [9.17, 15) is 9.59 Å². The van der Waals surface area contributed by atoms with Crippen LogP contribution in [-0.2, 0) is 11.3 Å². The van der Waals surface area contributed by atoms with Gasteiger partial charge < -0.3 is 10.0 Å². The van der Waals surface area contributed by atoms with Gasteiger partial charge in [0.2, 0.25) is 0 Å². The molecule has 0 spiro atoms. The van der Waals surface area contributed by atoms with Crippen LogP contribution in [0.3, 0.4) is 0 Å². The first-order valence-corrected chi connectivity index (χ1v) is 5.70. The van der Waals surface area contributed by atoms with E-state index in [0.717, 1.165) is 11.1 Å². The van der Waals surface area contributed by atoms with E-state index in [4.69, 9.17) is 5.11 Å². The van der Waals surface area contributed by atoms with Crippen molar-refractivity contribution in [2.45, 2.75) is 32.4 Å². The summed E-state index contributed by atoms with van der Waals surface area (Å²) in [7, 11) is 0. The molecule has 0 saturated carbocycles. The number of benzene rings is 1. The average Bonchev–Trinajstić information content (AvgIpc) is 2.64. The van der Waals surface area contributed by atoms with Crippen molar-refractivity contribution in [1.29, 1.82) is 0 Å². The first-order chi connectivity index (χ1) is 8.09. The van der Waals surface area contributed by atoms with Gasteiger partial charge in [0.1, 0.15) is 0 Å². The maximum atomic E-state index is 12.1. The minimum absolute atomic E-state index is 0.0125. The first-order valence-electron chi connectivity index (χ1n) is 5.70. The number of carbonyl (C=O) groups excluding carboxylic acids is 1. The Kier molecular flexibility index (Phi) is 3.13. The molecule has 1 aliphatic heterocycles. The Labute approximate surface area is 99.9 Å². The van der Waals surface area contributed by atoms with Crippen LogP contribution in [0.25, 0.3) is 0 Å². The predicted octanol–water partition coefficient (Wildman–Crippen LogP) is 1.90. The molecule has 2 rings (SSSR count). The molecule has 17 heavy (non-hydrogen) atoms. The van der Waals surface area contributed by atoms with Gasteiger partial charge >= 0.3 is 5.97 Å². The Morgan fingerprint density at radius 3 is 2.82 bits per heavy atom. The SMILES string of the molecule is CC(CCC(=O)O)N1Cc2ccccc2C1=O. The summed E-state index contributed by atoms with van der Waals surface area (Å²) in [5, 5.41) is 8.64. The number of hydrogen-bond acceptors (Lipinski definition) is 2. The van der Waals surface area contributed by atoms with Crippen LogP contribution < -0.4 is 0 Å². The molecule has 1 aromatic rings. The summed E-state index contributed by atoms with van der Waals surface area (Å²) in [6.07, 6.45) is 0.594. The average molecular weight is 233 g/mol. The van der Waals surface area contributed by atoms with Gasteiger partial charge in [-0.1, -0.05) is 18.2 Å². The van der Waals surface area contributed by atoms with Crippen LogP contribution >= 0.6 is 0 Å². The molecule has 0 aromatic heterocycles. The van der Waals surface area contributed by atoms with E-state index in [1.807, 2.05) is 31.2 Å². The van der Waals surface area contributed by atoms with Gasteiger partial charge in [-0.2, -0.15) is 0 Å². The van der Waals surface area contributed by atoms with Gasteiger partial charge in [0.25, 0.3) is 5.91 Å². The van der Waals surface area contributed by atoms with Crippen molar-refractivity contribution in [3.8, 4) is 0 Å². The quantitative estimate of drug-likeness (QED) is 0.864. The normalized spacial score (nSPS) is 15.8. The van der Waals surface area contributed by atoms with E-state index in [-0.39, 0.29) is 18.4 Å². The molecule has 4 nitrogen and oxygen atoms in total. The number of amides is 1. The summed E-state index contributed by atoms with van der Waals surface area (Å²) in [5.41, 5.74) is 1.77. The molecular weight excluding hydrogens is 218 g/mol. The largest absolute Gasteiger partial charge is 0.481 e. The number of hydrogen-bond donors (Lipinski definition) is 1. The van der Waals surface area contributed by atoms with E-state index in [0.29, 0.717) is 13.0 Å². The fraction of sp³-hybridized carbons (Fsp3) is 0.385. The highest BCUT2D eigenvalue weighted by atomic mass is 16.4. The summed E-state index contributed by atoms with van der Waals surface area (Å²) in [5.74, 6) is -0.806. The van der Waals surface area contributed by atoms with E-state index in [1.165, 1.54) is 0 Å². The molecule has 1 aliphatic rings. The lowest BCUT2D eigenvalue weighted by Crippen LogP contribution is -2.33. The molecule has 1 atom stereocenters. The summed E-state index contributed by atoms with van der Waals surface area (Å²) >= 11 is 0. The first kappa shape index (κ1) is 11.6. The van der Waals surface area contributed by atoms with Crippen molar-refractivity contribution in [3.05, 3.63) is 35.4 Å². The number of rotatable bonds is 4. The number of carboxylic acids is 1. The molecule has 1 heterocycles. The molecule has 1 unspecified atom stereocenters. The lowest BCUT2D eigenvalue weighted by atomic mass is 10.1. The molecule has 4 heteroatoms. The zero-order valence-corrected chi connectivity index (χ0v) is 9.72. The Hall–Kier alpha value is -1.84. The van der Waals surface area contributed by atoms with Crippen LogP contribution in [0.15, 0.2) is 24.3 Å². The minimum atomic E-state index is -0.819. The Balaban J connectivity index is 2.06. The van der Waals surface area contributed by atoms with Gasteiger partial charge in [0, 0.05) is 24.6 Å². The monoisotopic (exact) mass is 233 g/mol. The van der Waals surface area contributed by atoms with Crippen LogP contribution in [-0.4, -0.2) is 27.9 Å². The number of aliphatic carboxylic acids is 1.